The average Bonchev–Trinajstić information content (AvgIpc) is 3.55. The van der Waals surface area contributed by atoms with Gasteiger partial charge in [-0.15, -0.1) is 0 Å². The second-order valence-corrected chi connectivity index (χ2v) is 9.33. The summed E-state index contributed by atoms with van der Waals surface area (Å²) in [7, 11) is 1.81. The average molecular weight is 525 g/mol. The Labute approximate surface area is 222 Å². The van der Waals surface area contributed by atoms with Crippen molar-refractivity contribution in [3.8, 4) is 33.9 Å². The standard InChI is InChI=1S/C29H26F2N8/c1-3-33-13-17-7-19(15-34-14-17)21-10-22-25(11-23(21)31)38-39-27(22)29-36-24-4-5-35-26(28(24)37-29)18-6-16(12-32-2)8-20(30)9-18/h4-11,14-15,32-33H,3,12-13H2,1-2H3,(H,36,37)(H,38,39). The maximum atomic E-state index is 15.2. The van der Waals surface area contributed by atoms with Crippen LogP contribution < -0.4 is 10.6 Å². The normalized spacial score (nSPS) is 11.6. The lowest BCUT2D eigenvalue weighted by molar-refractivity contribution is 0.624. The monoisotopic (exact) mass is 524 g/mol. The summed E-state index contributed by atoms with van der Waals surface area (Å²) in [5, 5.41) is 14.4. The van der Waals surface area contributed by atoms with E-state index >= 15 is 4.39 Å². The van der Waals surface area contributed by atoms with Crippen LogP contribution in [0.4, 0.5) is 8.78 Å². The van der Waals surface area contributed by atoms with Crippen LogP contribution in [0.1, 0.15) is 18.1 Å². The van der Waals surface area contributed by atoms with Crippen LogP contribution in [-0.2, 0) is 13.1 Å². The Hall–Kier alpha value is -4.54. The highest BCUT2D eigenvalue weighted by Gasteiger charge is 2.19. The van der Waals surface area contributed by atoms with Crippen molar-refractivity contribution in [3.63, 3.8) is 0 Å². The van der Waals surface area contributed by atoms with Crippen molar-refractivity contribution in [2.45, 2.75) is 20.0 Å². The number of aromatic nitrogens is 6. The van der Waals surface area contributed by atoms with Crippen LogP contribution in [0.5, 0.6) is 0 Å². The minimum atomic E-state index is -0.375. The first kappa shape index (κ1) is 24.8. The molecule has 8 nitrogen and oxygen atoms in total. The second-order valence-electron chi connectivity index (χ2n) is 9.33. The van der Waals surface area contributed by atoms with Crippen LogP contribution in [0, 0.1) is 11.6 Å². The van der Waals surface area contributed by atoms with Gasteiger partial charge >= 0.3 is 0 Å². The highest BCUT2D eigenvalue weighted by atomic mass is 19.1. The van der Waals surface area contributed by atoms with E-state index in [2.05, 4.69) is 35.8 Å². The molecule has 4 N–H and O–H groups in total. The molecule has 0 bridgehead atoms. The topological polar surface area (TPSA) is 107 Å². The molecule has 0 radical (unpaired) electrons. The van der Waals surface area contributed by atoms with Crippen molar-refractivity contribution in [2.75, 3.05) is 13.6 Å². The van der Waals surface area contributed by atoms with E-state index in [4.69, 9.17) is 4.98 Å². The van der Waals surface area contributed by atoms with Crippen molar-refractivity contribution < 1.29 is 8.78 Å². The number of nitrogens with one attached hydrogen (secondary N) is 4. The molecule has 0 aliphatic carbocycles. The molecule has 6 rings (SSSR count). The first-order valence-electron chi connectivity index (χ1n) is 12.7. The van der Waals surface area contributed by atoms with Gasteiger partial charge < -0.3 is 15.6 Å². The number of aromatic amines is 2. The number of nitrogens with zero attached hydrogens (tertiary/aromatic N) is 4. The zero-order valence-corrected chi connectivity index (χ0v) is 21.4. The lowest BCUT2D eigenvalue weighted by Gasteiger charge is -2.07. The molecular formula is C29H26F2N8. The van der Waals surface area contributed by atoms with Crippen molar-refractivity contribution >= 4 is 21.9 Å². The van der Waals surface area contributed by atoms with Gasteiger partial charge in [-0.2, -0.15) is 5.10 Å². The van der Waals surface area contributed by atoms with Gasteiger partial charge in [0.2, 0.25) is 0 Å². The molecule has 0 saturated carbocycles. The molecule has 0 saturated heterocycles. The van der Waals surface area contributed by atoms with Gasteiger partial charge in [0.05, 0.1) is 16.7 Å². The number of H-pyrrole nitrogens is 2. The van der Waals surface area contributed by atoms with Crippen molar-refractivity contribution in [1.29, 1.82) is 0 Å². The Bertz CT molecular complexity index is 1810. The van der Waals surface area contributed by atoms with Crippen LogP contribution in [0.25, 0.3) is 55.8 Å². The predicted octanol–water partition coefficient (Wildman–Crippen LogP) is 5.34. The van der Waals surface area contributed by atoms with Gasteiger partial charge in [0.15, 0.2) is 5.82 Å². The highest BCUT2D eigenvalue weighted by molar-refractivity contribution is 5.97. The van der Waals surface area contributed by atoms with Crippen LogP contribution in [0.15, 0.2) is 61.1 Å². The lowest BCUT2D eigenvalue weighted by Crippen LogP contribution is -2.11. The molecule has 0 aliphatic heterocycles. The molecule has 0 fully saturated rings. The molecule has 4 aromatic heterocycles. The van der Waals surface area contributed by atoms with Crippen molar-refractivity contribution in [2.24, 2.45) is 0 Å². The molecule has 4 heterocycles. The number of imidazole rings is 1. The fourth-order valence-corrected chi connectivity index (χ4v) is 4.79. The third kappa shape index (κ3) is 4.75. The Balaban J connectivity index is 1.45. The molecular weight excluding hydrogens is 498 g/mol. The number of pyridine rings is 2. The van der Waals surface area contributed by atoms with Gasteiger partial charge in [0.1, 0.15) is 22.8 Å². The predicted molar refractivity (Wildman–Crippen MR) is 148 cm³/mol. The largest absolute Gasteiger partial charge is 0.336 e. The quantitative estimate of drug-likeness (QED) is 0.214. The minimum Gasteiger partial charge on any atom is -0.336 e. The molecule has 2 aromatic carbocycles. The number of benzene rings is 2. The van der Waals surface area contributed by atoms with Crippen LogP contribution in [0.3, 0.4) is 0 Å². The van der Waals surface area contributed by atoms with E-state index in [1.54, 1.807) is 24.7 Å². The Kier molecular flexibility index (Phi) is 6.55. The van der Waals surface area contributed by atoms with E-state index in [-0.39, 0.29) is 11.6 Å². The Morgan fingerprint density at radius 2 is 1.77 bits per heavy atom. The van der Waals surface area contributed by atoms with Crippen molar-refractivity contribution in [1.82, 2.24) is 40.8 Å². The van der Waals surface area contributed by atoms with E-state index in [0.29, 0.717) is 63.4 Å². The van der Waals surface area contributed by atoms with Crippen LogP contribution in [-0.4, -0.2) is 43.7 Å². The fourth-order valence-electron chi connectivity index (χ4n) is 4.79. The number of halogens is 2. The summed E-state index contributed by atoms with van der Waals surface area (Å²) in [5.74, 6) is -0.224. The molecule has 0 spiro atoms. The molecule has 10 heteroatoms. The summed E-state index contributed by atoms with van der Waals surface area (Å²) < 4.78 is 29.6. The zero-order chi connectivity index (χ0) is 26.9. The molecule has 196 valence electrons. The molecule has 6 aromatic rings. The first-order valence-corrected chi connectivity index (χ1v) is 12.7. The number of hydrogen-bond acceptors (Lipinski definition) is 6. The zero-order valence-electron chi connectivity index (χ0n) is 21.4. The molecule has 39 heavy (non-hydrogen) atoms. The summed E-state index contributed by atoms with van der Waals surface area (Å²) in [4.78, 5) is 16.9. The third-order valence-corrected chi connectivity index (χ3v) is 6.57. The van der Waals surface area contributed by atoms with Gasteiger partial charge in [0, 0.05) is 59.8 Å². The summed E-state index contributed by atoms with van der Waals surface area (Å²) in [6.45, 7) is 4.03. The van der Waals surface area contributed by atoms with Gasteiger partial charge in [-0.1, -0.05) is 6.92 Å². The number of rotatable bonds is 8. The lowest BCUT2D eigenvalue weighted by atomic mass is 10.0. The molecule has 0 atom stereocenters. The van der Waals surface area contributed by atoms with Crippen molar-refractivity contribution in [3.05, 3.63) is 83.8 Å². The van der Waals surface area contributed by atoms with E-state index in [0.717, 1.165) is 23.2 Å². The van der Waals surface area contributed by atoms with Gasteiger partial charge in [-0.05, 0) is 61.1 Å². The van der Waals surface area contributed by atoms with E-state index in [9.17, 15) is 4.39 Å². The summed E-state index contributed by atoms with van der Waals surface area (Å²) in [5.41, 5.74) is 6.46. The van der Waals surface area contributed by atoms with Crippen LogP contribution >= 0.6 is 0 Å². The summed E-state index contributed by atoms with van der Waals surface area (Å²) >= 11 is 0. The maximum absolute atomic E-state index is 15.2. The Morgan fingerprint density at radius 1 is 0.897 bits per heavy atom. The van der Waals surface area contributed by atoms with E-state index in [1.807, 2.05) is 32.2 Å². The third-order valence-electron chi connectivity index (χ3n) is 6.57. The highest BCUT2D eigenvalue weighted by Crippen LogP contribution is 2.34. The van der Waals surface area contributed by atoms with E-state index in [1.165, 1.54) is 18.2 Å². The number of hydrogen-bond donors (Lipinski definition) is 4. The smallest absolute Gasteiger partial charge is 0.159 e. The van der Waals surface area contributed by atoms with Gasteiger partial charge in [-0.25, -0.2) is 13.8 Å². The van der Waals surface area contributed by atoms with Crippen LogP contribution in [0.2, 0.25) is 0 Å². The maximum Gasteiger partial charge on any atom is 0.159 e. The molecule has 0 amide bonds. The minimum absolute atomic E-state index is 0.343. The SMILES string of the molecule is CCNCc1cncc(-c2cc3c(-c4nc5c(-c6cc(F)cc(CNC)c6)nccc5[nH]4)n[nH]c3cc2F)c1. The fraction of sp³-hybridized carbons (Fsp3) is 0.172. The second kappa shape index (κ2) is 10.3. The molecule has 0 unspecified atom stereocenters. The van der Waals surface area contributed by atoms with E-state index < -0.39 is 0 Å². The first-order chi connectivity index (χ1) is 19.0. The van der Waals surface area contributed by atoms with Gasteiger partial charge in [-0.3, -0.25) is 15.1 Å². The molecule has 0 aliphatic rings. The number of fused-ring (bicyclic) bond motifs is 2. The summed E-state index contributed by atoms with van der Waals surface area (Å²) in [6, 6.07) is 11.8. The van der Waals surface area contributed by atoms with Gasteiger partial charge in [0.25, 0.3) is 0 Å². The Morgan fingerprint density at radius 3 is 2.62 bits per heavy atom. The summed E-state index contributed by atoms with van der Waals surface area (Å²) in [6.07, 6.45) is 5.08.